The van der Waals surface area contributed by atoms with Crippen molar-refractivity contribution >= 4 is 147 Å². The van der Waals surface area contributed by atoms with Gasteiger partial charge >= 0.3 is 0 Å². The first-order chi connectivity index (χ1) is 29.1. The number of para-hydroxylation sites is 2. The number of imide groups is 2. The molecule has 0 aliphatic carbocycles. The number of amides is 4. The summed E-state index contributed by atoms with van der Waals surface area (Å²) < 4.78 is 0. The zero-order valence-electron chi connectivity index (χ0n) is 30.7. The zero-order chi connectivity index (χ0) is 41.1. The van der Waals surface area contributed by atoms with E-state index in [9.17, 15) is 19.2 Å². The number of fused-ring (bicyclic) bond motifs is 2. The van der Waals surface area contributed by atoms with Gasteiger partial charge in [0, 0.05) is 85.9 Å². The van der Waals surface area contributed by atoms with Crippen molar-refractivity contribution < 1.29 is 19.2 Å². The summed E-state index contributed by atoms with van der Waals surface area (Å²) in [5.41, 5.74) is 4.75. The molecule has 11 rings (SSSR count). The molecule has 9 aromatic carbocycles. The summed E-state index contributed by atoms with van der Waals surface area (Å²) >= 11 is 28.7. The van der Waals surface area contributed by atoms with Crippen molar-refractivity contribution in [1.29, 1.82) is 0 Å². The molecule has 0 saturated carbocycles. The fourth-order valence-electron chi connectivity index (χ4n) is 8.69. The van der Waals surface area contributed by atoms with E-state index in [0.717, 1.165) is 32.5 Å². The summed E-state index contributed by atoms with van der Waals surface area (Å²) in [5.74, 6) is -2.31. The highest BCUT2D eigenvalue weighted by Crippen LogP contribution is 2.54. The molecule has 0 atom stereocenters. The van der Waals surface area contributed by atoms with Crippen LogP contribution < -0.4 is 20.4 Å². The van der Waals surface area contributed by atoms with E-state index in [2.05, 4.69) is 10.6 Å². The van der Waals surface area contributed by atoms with Crippen LogP contribution in [-0.2, 0) is 0 Å². The molecule has 2 heterocycles. The predicted molar refractivity (Wildman–Crippen MR) is 242 cm³/mol. The fraction of sp³-hybridized carbons (Fsp3) is 0. The Morgan fingerprint density at radius 3 is 0.867 bits per heavy atom. The summed E-state index contributed by atoms with van der Waals surface area (Å²) in [7, 11) is 0. The van der Waals surface area contributed by atoms with E-state index in [-0.39, 0.29) is 42.3 Å². The lowest BCUT2D eigenvalue weighted by molar-refractivity contribution is 0.0877. The topological polar surface area (TPSA) is 98.8 Å². The molecule has 60 heavy (non-hydrogen) atoms. The Labute approximate surface area is 360 Å². The molecule has 0 fully saturated rings. The van der Waals surface area contributed by atoms with Gasteiger partial charge in [-0.25, -0.2) is 9.80 Å². The third kappa shape index (κ3) is 5.25. The molecular weight excluding hydrogens is 838 g/mol. The molecular formula is C48H24Cl4N4O4. The Hall–Kier alpha value is -6.68. The molecule has 9 aromatic rings. The van der Waals surface area contributed by atoms with Gasteiger partial charge in [-0.05, 0) is 97.1 Å². The predicted octanol–water partition coefficient (Wildman–Crippen LogP) is 13.4. The maximum atomic E-state index is 14.4. The van der Waals surface area contributed by atoms with Crippen molar-refractivity contribution in [3.63, 3.8) is 0 Å². The van der Waals surface area contributed by atoms with Crippen molar-refractivity contribution in [2.24, 2.45) is 0 Å². The molecule has 0 unspecified atom stereocenters. The van der Waals surface area contributed by atoms with Gasteiger partial charge in [-0.15, -0.1) is 0 Å². The summed E-state index contributed by atoms with van der Waals surface area (Å²) in [6.07, 6.45) is 0. The van der Waals surface area contributed by atoms with E-state index < -0.39 is 23.6 Å². The molecule has 0 spiro atoms. The third-order valence-electron chi connectivity index (χ3n) is 11.2. The summed E-state index contributed by atoms with van der Waals surface area (Å²) in [5, 5.41) is 10.4. The van der Waals surface area contributed by atoms with Gasteiger partial charge < -0.3 is 10.6 Å². The highest BCUT2D eigenvalue weighted by molar-refractivity contribution is 6.57. The second-order valence-electron chi connectivity index (χ2n) is 14.6. The lowest BCUT2D eigenvalue weighted by atomic mass is 9.82. The number of hydrogen-bond donors (Lipinski definition) is 2. The van der Waals surface area contributed by atoms with Crippen molar-refractivity contribution in [3.05, 3.63) is 176 Å². The van der Waals surface area contributed by atoms with Gasteiger partial charge in [0.05, 0.1) is 33.6 Å². The molecule has 0 saturated heterocycles. The van der Waals surface area contributed by atoms with Crippen LogP contribution in [-0.4, -0.2) is 23.6 Å². The number of halogens is 4. The van der Waals surface area contributed by atoms with Gasteiger partial charge in [0.2, 0.25) is 0 Å². The molecule has 0 aromatic heterocycles. The maximum absolute atomic E-state index is 14.4. The van der Waals surface area contributed by atoms with Gasteiger partial charge in [0.25, 0.3) is 23.6 Å². The molecule has 2 aliphatic heterocycles. The van der Waals surface area contributed by atoms with Crippen molar-refractivity contribution in [2.45, 2.75) is 0 Å². The van der Waals surface area contributed by atoms with E-state index in [1.54, 1.807) is 48.5 Å². The Balaban J connectivity index is 1.06. The second-order valence-corrected chi connectivity index (χ2v) is 16.2. The summed E-state index contributed by atoms with van der Waals surface area (Å²) in [6.45, 7) is 0. The van der Waals surface area contributed by atoms with Gasteiger partial charge in [-0.1, -0.05) is 82.8 Å². The molecule has 8 nitrogen and oxygen atoms in total. The molecule has 0 radical (unpaired) electrons. The second kappa shape index (κ2) is 13.4. The van der Waals surface area contributed by atoms with Crippen LogP contribution >= 0.6 is 46.4 Å². The van der Waals surface area contributed by atoms with Crippen LogP contribution in [0.2, 0.25) is 20.1 Å². The largest absolute Gasteiger partial charge is 0.356 e. The van der Waals surface area contributed by atoms with Crippen LogP contribution in [0.15, 0.2) is 133 Å². The Morgan fingerprint density at radius 2 is 0.583 bits per heavy atom. The van der Waals surface area contributed by atoms with Crippen LogP contribution in [0.25, 0.3) is 43.1 Å². The minimum Gasteiger partial charge on any atom is -0.356 e. The smallest absolute Gasteiger partial charge is 0.266 e. The van der Waals surface area contributed by atoms with Gasteiger partial charge in [0.1, 0.15) is 0 Å². The van der Waals surface area contributed by atoms with Crippen molar-refractivity contribution in [2.75, 3.05) is 20.4 Å². The fourth-order valence-corrected chi connectivity index (χ4v) is 9.88. The average molecular weight is 863 g/mol. The standard InChI is InChI=1S/C48H24Cl4N4O4/c49-33-19-29-37-30(46(58)55(45(29)57)27-15-11-25(12-16-27)53-23-7-3-1-4-8-23)20-34(50)40-42-36(52)22-32-38-31(21-35(51)41(44(38)42)39(33)43(37)40)47(59)56(48(32)60)28-17-13-26(14-18-28)54-24-9-5-2-6-10-24/h1-22,53-54H. The van der Waals surface area contributed by atoms with Crippen LogP contribution in [0.4, 0.5) is 34.1 Å². The van der Waals surface area contributed by atoms with E-state index in [4.69, 9.17) is 46.4 Å². The third-order valence-corrected chi connectivity index (χ3v) is 12.4. The molecule has 2 N–H and O–H groups in total. The van der Waals surface area contributed by atoms with E-state index >= 15 is 0 Å². The SMILES string of the molecule is O=C1c2cc(Cl)c3c4c(Cl)cc5c6c(cc(Cl)c(c7c(Cl)cc(c2c37)C(=O)N1c1ccc(Nc2ccccc2)cc1)c64)C(=O)N(c1ccc(Nc2ccccc2)cc1)C5=O. The number of nitrogens with one attached hydrogen (secondary N) is 2. The first kappa shape index (κ1) is 36.4. The first-order valence-electron chi connectivity index (χ1n) is 18.7. The van der Waals surface area contributed by atoms with Crippen LogP contribution in [0, 0.1) is 0 Å². The number of hydrogen-bond acceptors (Lipinski definition) is 6. The quantitative estimate of drug-likeness (QED) is 0.0981. The van der Waals surface area contributed by atoms with Crippen LogP contribution in [0.5, 0.6) is 0 Å². The molecule has 288 valence electrons. The molecule has 12 heteroatoms. The molecule has 2 aliphatic rings. The number of carbonyl (C=O) groups excluding carboxylic acids is 4. The van der Waals surface area contributed by atoms with E-state index in [0.29, 0.717) is 54.5 Å². The molecule has 4 amide bonds. The highest BCUT2D eigenvalue weighted by Gasteiger charge is 2.40. The Morgan fingerprint density at radius 1 is 0.317 bits per heavy atom. The zero-order valence-corrected chi connectivity index (χ0v) is 33.8. The normalized spacial score (nSPS) is 13.7. The minimum atomic E-state index is -0.577. The first-order valence-corrected chi connectivity index (χ1v) is 20.2. The van der Waals surface area contributed by atoms with Gasteiger partial charge in [-0.2, -0.15) is 0 Å². The number of rotatable bonds is 6. The van der Waals surface area contributed by atoms with Crippen LogP contribution in [0.1, 0.15) is 41.4 Å². The van der Waals surface area contributed by atoms with Crippen LogP contribution in [0.3, 0.4) is 0 Å². The number of carbonyl (C=O) groups is 4. The number of benzene rings is 9. The number of anilines is 6. The van der Waals surface area contributed by atoms with E-state index in [1.165, 1.54) is 24.3 Å². The summed E-state index contributed by atoms with van der Waals surface area (Å²) in [4.78, 5) is 60.0. The lowest BCUT2D eigenvalue weighted by Crippen LogP contribution is -2.40. The minimum absolute atomic E-state index is 0.153. The Bertz CT molecular complexity index is 3020. The Kier molecular flexibility index (Phi) is 8.14. The van der Waals surface area contributed by atoms with Crippen molar-refractivity contribution in [3.8, 4) is 0 Å². The van der Waals surface area contributed by atoms with E-state index in [1.807, 2.05) is 60.7 Å². The highest BCUT2D eigenvalue weighted by atomic mass is 35.5. The monoisotopic (exact) mass is 860 g/mol. The lowest BCUT2D eigenvalue weighted by Gasteiger charge is -2.31. The average Bonchev–Trinajstić information content (AvgIpc) is 3.25. The summed E-state index contributed by atoms with van der Waals surface area (Å²) in [6, 6.07) is 39.2. The van der Waals surface area contributed by atoms with Gasteiger partial charge in [0.15, 0.2) is 0 Å². The molecule has 0 bridgehead atoms. The maximum Gasteiger partial charge on any atom is 0.266 e. The van der Waals surface area contributed by atoms with Crippen molar-refractivity contribution in [1.82, 2.24) is 0 Å². The number of nitrogens with zero attached hydrogens (tertiary/aromatic N) is 2. The van der Waals surface area contributed by atoms with Gasteiger partial charge in [-0.3, -0.25) is 19.2 Å².